The number of esters is 3. The summed E-state index contributed by atoms with van der Waals surface area (Å²) >= 11 is 0. The highest BCUT2D eigenvalue weighted by Gasteiger charge is 2.34. The van der Waals surface area contributed by atoms with E-state index in [1.54, 1.807) is 54.6 Å². The summed E-state index contributed by atoms with van der Waals surface area (Å²) < 4.78 is 20.5. The van der Waals surface area contributed by atoms with Gasteiger partial charge in [0, 0.05) is 0 Å². The maximum absolute atomic E-state index is 12.8. The number of benzene rings is 2. The molecular formula is C21H19NO7. The molecule has 0 N–H and O–H groups in total. The number of para-hydroxylation sites is 2. The fraction of sp³-hybridized carbons (Fsp3) is 0.190. The highest BCUT2D eigenvalue weighted by molar-refractivity contribution is 6.05. The summed E-state index contributed by atoms with van der Waals surface area (Å²) in [5.74, 6) is -1.72. The molecule has 0 amide bonds. The molecule has 8 nitrogen and oxygen atoms in total. The molecule has 1 aliphatic heterocycles. The highest BCUT2D eigenvalue weighted by atomic mass is 16.5. The molecule has 29 heavy (non-hydrogen) atoms. The average Bonchev–Trinajstić information content (AvgIpc) is 2.78. The molecule has 150 valence electrons. The Morgan fingerprint density at radius 3 is 2.21 bits per heavy atom. The first kappa shape index (κ1) is 20.1. The van der Waals surface area contributed by atoms with Gasteiger partial charge in [0.05, 0.1) is 37.7 Å². The molecule has 0 saturated heterocycles. The second kappa shape index (κ2) is 9.03. The number of carbonyl (C=O) groups excluding carboxylic acids is 3. The van der Waals surface area contributed by atoms with Gasteiger partial charge in [-0.2, -0.15) is 0 Å². The van der Waals surface area contributed by atoms with Crippen LogP contribution in [-0.2, 0) is 23.8 Å². The van der Waals surface area contributed by atoms with E-state index >= 15 is 0 Å². The summed E-state index contributed by atoms with van der Waals surface area (Å²) in [6.07, 6.45) is 0. The zero-order valence-corrected chi connectivity index (χ0v) is 15.9. The molecule has 1 aliphatic rings. The Balaban J connectivity index is 2.04. The molecule has 0 spiro atoms. The Bertz CT molecular complexity index is 953. The van der Waals surface area contributed by atoms with Gasteiger partial charge in [0.15, 0.2) is 0 Å². The third kappa shape index (κ3) is 4.27. The average molecular weight is 397 g/mol. The topological polar surface area (TPSA) is 91.4 Å². The third-order valence-electron chi connectivity index (χ3n) is 4.20. The van der Waals surface area contributed by atoms with Crippen LogP contribution in [0.4, 0.5) is 5.69 Å². The number of hydrogen-bond donors (Lipinski definition) is 0. The van der Waals surface area contributed by atoms with Crippen LogP contribution in [0.3, 0.4) is 0 Å². The van der Waals surface area contributed by atoms with Crippen LogP contribution in [0.1, 0.15) is 10.4 Å². The second-order valence-corrected chi connectivity index (χ2v) is 5.94. The molecule has 0 radical (unpaired) electrons. The first-order chi connectivity index (χ1) is 14.1. The number of ether oxygens (including phenoxy) is 4. The van der Waals surface area contributed by atoms with Crippen molar-refractivity contribution < 1.29 is 33.3 Å². The van der Waals surface area contributed by atoms with E-state index in [9.17, 15) is 14.4 Å². The van der Waals surface area contributed by atoms with Crippen molar-refractivity contribution in [2.45, 2.75) is 0 Å². The quantitative estimate of drug-likeness (QED) is 0.561. The number of anilines is 1. The number of carbonyl (C=O) groups is 3. The zero-order valence-electron chi connectivity index (χ0n) is 15.9. The maximum Gasteiger partial charge on any atom is 0.355 e. The standard InChI is InChI=1S/C21H19NO7/c1-26-19(23)16-12-28-13-22(18(16)21(25)27-2)17-11-7-6-10-15(17)20(24)29-14-8-4-3-5-9-14/h3-11H,12-13H2,1-2H3. The van der Waals surface area contributed by atoms with Crippen LogP contribution in [-0.4, -0.2) is 45.5 Å². The maximum atomic E-state index is 12.8. The fourth-order valence-electron chi connectivity index (χ4n) is 2.87. The number of methoxy groups -OCH3 is 2. The smallest absolute Gasteiger partial charge is 0.355 e. The predicted octanol–water partition coefficient (Wildman–Crippen LogP) is 2.30. The van der Waals surface area contributed by atoms with E-state index in [1.165, 1.54) is 19.1 Å². The summed E-state index contributed by atoms with van der Waals surface area (Å²) in [5.41, 5.74) is 0.463. The lowest BCUT2D eigenvalue weighted by Crippen LogP contribution is -2.39. The van der Waals surface area contributed by atoms with Gasteiger partial charge < -0.3 is 23.8 Å². The minimum atomic E-state index is -0.750. The molecule has 0 fully saturated rings. The summed E-state index contributed by atoms with van der Waals surface area (Å²) in [5, 5.41) is 0. The van der Waals surface area contributed by atoms with Crippen molar-refractivity contribution in [3.63, 3.8) is 0 Å². The molecule has 0 aromatic heterocycles. The van der Waals surface area contributed by atoms with Crippen molar-refractivity contribution in [2.75, 3.05) is 32.5 Å². The van der Waals surface area contributed by atoms with E-state index in [0.717, 1.165) is 0 Å². The number of nitrogens with zero attached hydrogens (tertiary/aromatic N) is 1. The van der Waals surface area contributed by atoms with Gasteiger partial charge in [-0.05, 0) is 24.3 Å². The first-order valence-corrected chi connectivity index (χ1v) is 8.68. The Labute approximate surface area is 167 Å². The van der Waals surface area contributed by atoms with E-state index in [1.807, 2.05) is 0 Å². The fourth-order valence-corrected chi connectivity index (χ4v) is 2.87. The molecule has 2 aromatic carbocycles. The zero-order chi connectivity index (χ0) is 20.8. The van der Waals surface area contributed by atoms with Crippen molar-refractivity contribution in [3.05, 3.63) is 71.4 Å². The Morgan fingerprint density at radius 1 is 0.862 bits per heavy atom. The normalized spacial score (nSPS) is 13.7. The van der Waals surface area contributed by atoms with Gasteiger partial charge in [-0.15, -0.1) is 0 Å². The monoisotopic (exact) mass is 397 g/mol. The Morgan fingerprint density at radius 2 is 1.52 bits per heavy atom. The van der Waals surface area contributed by atoms with Crippen LogP contribution >= 0.6 is 0 Å². The molecule has 0 atom stereocenters. The van der Waals surface area contributed by atoms with Crippen molar-refractivity contribution in [2.24, 2.45) is 0 Å². The van der Waals surface area contributed by atoms with Crippen molar-refractivity contribution in [1.29, 1.82) is 0 Å². The van der Waals surface area contributed by atoms with E-state index < -0.39 is 17.9 Å². The van der Waals surface area contributed by atoms with Crippen LogP contribution in [0.15, 0.2) is 65.9 Å². The molecule has 1 heterocycles. The van der Waals surface area contributed by atoms with E-state index in [0.29, 0.717) is 11.4 Å². The van der Waals surface area contributed by atoms with Crippen molar-refractivity contribution in [1.82, 2.24) is 0 Å². The summed E-state index contributed by atoms with van der Waals surface area (Å²) in [4.78, 5) is 38.8. The molecule has 2 aromatic rings. The van der Waals surface area contributed by atoms with Crippen LogP contribution in [0.25, 0.3) is 0 Å². The van der Waals surface area contributed by atoms with E-state index in [2.05, 4.69) is 0 Å². The van der Waals surface area contributed by atoms with Gasteiger partial charge in [0.2, 0.25) is 0 Å². The molecule has 3 rings (SSSR count). The van der Waals surface area contributed by atoms with Crippen LogP contribution in [0.5, 0.6) is 5.75 Å². The molecule has 0 saturated carbocycles. The van der Waals surface area contributed by atoms with Crippen LogP contribution in [0, 0.1) is 0 Å². The van der Waals surface area contributed by atoms with Gasteiger partial charge in [0.25, 0.3) is 0 Å². The molecular weight excluding hydrogens is 378 g/mol. The van der Waals surface area contributed by atoms with Crippen molar-refractivity contribution >= 4 is 23.6 Å². The van der Waals surface area contributed by atoms with Gasteiger partial charge in [-0.1, -0.05) is 30.3 Å². The summed E-state index contributed by atoms with van der Waals surface area (Å²) in [6, 6.07) is 15.1. The molecule has 0 aliphatic carbocycles. The van der Waals surface area contributed by atoms with Crippen molar-refractivity contribution in [3.8, 4) is 5.75 Å². The first-order valence-electron chi connectivity index (χ1n) is 8.68. The van der Waals surface area contributed by atoms with Crippen LogP contribution < -0.4 is 9.64 Å². The number of rotatable bonds is 5. The lowest BCUT2D eigenvalue weighted by atomic mass is 10.1. The van der Waals surface area contributed by atoms with E-state index in [4.69, 9.17) is 18.9 Å². The van der Waals surface area contributed by atoms with Gasteiger partial charge in [-0.25, -0.2) is 14.4 Å². The SMILES string of the molecule is COC(=O)C1=C(C(=O)OC)N(c2ccccc2C(=O)Oc2ccccc2)COC1. The lowest BCUT2D eigenvalue weighted by molar-refractivity contribution is -0.140. The van der Waals surface area contributed by atoms with Gasteiger partial charge in [-0.3, -0.25) is 0 Å². The highest BCUT2D eigenvalue weighted by Crippen LogP contribution is 2.30. The molecule has 0 unspecified atom stereocenters. The summed E-state index contributed by atoms with van der Waals surface area (Å²) in [6.45, 7) is -0.190. The Kier molecular flexibility index (Phi) is 6.25. The summed E-state index contributed by atoms with van der Waals surface area (Å²) in [7, 11) is 2.40. The lowest BCUT2D eigenvalue weighted by Gasteiger charge is -2.32. The van der Waals surface area contributed by atoms with Gasteiger partial charge >= 0.3 is 17.9 Å². The minimum absolute atomic E-state index is 0.00294. The predicted molar refractivity (Wildman–Crippen MR) is 102 cm³/mol. The van der Waals surface area contributed by atoms with E-state index in [-0.39, 0.29) is 30.2 Å². The molecule has 8 heteroatoms. The minimum Gasteiger partial charge on any atom is -0.466 e. The number of hydrogen-bond acceptors (Lipinski definition) is 8. The van der Waals surface area contributed by atoms with Gasteiger partial charge in [0.1, 0.15) is 18.2 Å². The Hall–Kier alpha value is -3.65. The second-order valence-electron chi connectivity index (χ2n) is 5.94. The van der Waals surface area contributed by atoms with Crippen LogP contribution in [0.2, 0.25) is 0 Å². The third-order valence-corrected chi connectivity index (χ3v) is 4.20. The largest absolute Gasteiger partial charge is 0.466 e. The molecule has 0 bridgehead atoms.